The molecule has 0 radical (unpaired) electrons. The van der Waals surface area contributed by atoms with Crippen LogP contribution in [0.2, 0.25) is 0 Å². The number of aliphatic carboxylic acids is 1. The average Bonchev–Trinajstić information content (AvgIpc) is 2.72. The van der Waals surface area contributed by atoms with Gasteiger partial charge in [-0.05, 0) is 36.7 Å². The first-order valence-electron chi connectivity index (χ1n) is 11.0. The van der Waals surface area contributed by atoms with E-state index in [-0.39, 0.29) is 18.3 Å². The summed E-state index contributed by atoms with van der Waals surface area (Å²) in [6, 6.07) is -4.38. The van der Waals surface area contributed by atoms with E-state index in [1.807, 2.05) is 20.1 Å². The highest BCUT2D eigenvalue weighted by molar-refractivity contribution is 7.98. The molecule has 0 saturated heterocycles. The number of carbonyl (C=O) groups is 5. The fourth-order valence-electron chi connectivity index (χ4n) is 2.98. The van der Waals surface area contributed by atoms with Crippen LogP contribution < -0.4 is 27.4 Å². The van der Waals surface area contributed by atoms with Crippen molar-refractivity contribution in [2.45, 2.75) is 77.5 Å². The van der Waals surface area contributed by atoms with Gasteiger partial charge in [-0.1, -0.05) is 34.1 Å². The number of hydrogen-bond donors (Lipinski definition) is 6. The number of nitrogens with two attached hydrogens (primary N) is 2. The molecule has 4 amide bonds. The molecule has 0 aliphatic carbocycles. The molecule has 0 aromatic carbocycles. The van der Waals surface area contributed by atoms with Crippen LogP contribution in [0.4, 0.5) is 0 Å². The van der Waals surface area contributed by atoms with E-state index in [2.05, 4.69) is 16.0 Å². The van der Waals surface area contributed by atoms with Crippen molar-refractivity contribution < 1.29 is 29.1 Å². The van der Waals surface area contributed by atoms with Crippen LogP contribution >= 0.6 is 11.8 Å². The highest BCUT2D eigenvalue weighted by Gasteiger charge is 2.32. The third kappa shape index (κ3) is 11.9. The third-order valence-electron chi connectivity index (χ3n) is 5.12. The number of amides is 4. The van der Waals surface area contributed by atoms with E-state index in [9.17, 15) is 29.1 Å². The van der Waals surface area contributed by atoms with Crippen LogP contribution in [0.15, 0.2) is 0 Å². The van der Waals surface area contributed by atoms with Gasteiger partial charge in [0.1, 0.15) is 18.1 Å². The molecule has 8 N–H and O–H groups in total. The maximum atomic E-state index is 12.9. The van der Waals surface area contributed by atoms with Gasteiger partial charge in [-0.25, -0.2) is 4.79 Å². The smallest absolute Gasteiger partial charge is 0.326 e. The van der Waals surface area contributed by atoms with E-state index >= 15 is 0 Å². The van der Waals surface area contributed by atoms with Gasteiger partial charge in [0.05, 0.1) is 12.5 Å². The molecule has 0 aliphatic rings. The standard InChI is InChI=1S/C21H39N5O6S/c1-6-12(4)17(21(31)32)26-20(30)15(10-16(23)27)25-19(29)14(9-11(2)3)24-18(28)13(22)7-8-33-5/h11-15,17H,6-10,22H2,1-5H3,(H2,23,27)(H,24,28)(H,25,29)(H,26,30)(H,31,32). The maximum absolute atomic E-state index is 12.9. The summed E-state index contributed by atoms with van der Waals surface area (Å²) in [6.45, 7) is 7.16. The summed E-state index contributed by atoms with van der Waals surface area (Å²) in [4.78, 5) is 61.1. The van der Waals surface area contributed by atoms with E-state index < -0.39 is 60.2 Å². The molecule has 0 saturated carbocycles. The van der Waals surface area contributed by atoms with Crippen molar-refractivity contribution in [3.8, 4) is 0 Å². The summed E-state index contributed by atoms with van der Waals surface area (Å²) in [5, 5.41) is 16.8. The maximum Gasteiger partial charge on any atom is 0.326 e. The fraction of sp³-hybridized carbons (Fsp3) is 0.762. The number of hydrogen-bond acceptors (Lipinski definition) is 7. The molecule has 5 atom stereocenters. The Labute approximate surface area is 199 Å². The zero-order chi connectivity index (χ0) is 25.7. The van der Waals surface area contributed by atoms with Crippen molar-refractivity contribution >= 4 is 41.4 Å². The lowest BCUT2D eigenvalue weighted by molar-refractivity contribution is -0.144. The van der Waals surface area contributed by atoms with Crippen LogP contribution in [0.3, 0.4) is 0 Å². The Bertz CT molecular complexity index is 690. The Morgan fingerprint density at radius 3 is 1.94 bits per heavy atom. The number of thioether (sulfide) groups is 1. The summed E-state index contributed by atoms with van der Waals surface area (Å²) in [5.41, 5.74) is 11.1. The summed E-state index contributed by atoms with van der Waals surface area (Å²) in [5.74, 6) is -3.80. The Balaban J connectivity index is 5.52. The topological polar surface area (TPSA) is 194 Å². The minimum absolute atomic E-state index is 0.0219. The number of carboxylic acids is 1. The lowest BCUT2D eigenvalue weighted by Crippen LogP contribution is -2.58. The number of carbonyl (C=O) groups excluding carboxylic acids is 4. The third-order valence-corrected chi connectivity index (χ3v) is 5.77. The van der Waals surface area contributed by atoms with Crippen LogP contribution in [0.25, 0.3) is 0 Å². The molecular formula is C21H39N5O6S. The summed E-state index contributed by atoms with van der Waals surface area (Å²) < 4.78 is 0. The molecule has 11 nitrogen and oxygen atoms in total. The first-order chi connectivity index (χ1) is 15.3. The van der Waals surface area contributed by atoms with Crippen molar-refractivity contribution in [1.82, 2.24) is 16.0 Å². The Kier molecular flexibility index (Phi) is 14.4. The van der Waals surface area contributed by atoms with Crippen LogP contribution in [-0.4, -0.2) is 70.9 Å². The van der Waals surface area contributed by atoms with E-state index in [1.165, 1.54) is 0 Å². The molecule has 0 aromatic rings. The van der Waals surface area contributed by atoms with Gasteiger partial charge in [0, 0.05) is 0 Å². The number of carboxylic acid groups (broad SMARTS) is 1. The molecule has 0 aliphatic heterocycles. The zero-order valence-electron chi connectivity index (χ0n) is 20.1. The number of rotatable bonds is 16. The second kappa shape index (κ2) is 15.5. The highest BCUT2D eigenvalue weighted by atomic mass is 32.2. The van der Waals surface area contributed by atoms with Crippen molar-refractivity contribution in [3.05, 3.63) is 0 Å². The van der Waals surface area contributed by atoms with Crippen molar-refractivity contribution in [2.24, 2.45) is 23.3 Å². The number of primary amides is 1. The average molecular weight is 490 g/mol. The van der Waals surface area contributed by atoms with Crippen molar-refractivity contribution in [2.75, 3.05) is 12.0 Å². The SMILES string of the molecule is CCC(C)C(NC(=O)C(CC(N)=O)NC(=O)C(CC(C)C)NC(=O)C(N)CCSC)C(=O)O. The van der Waals surface area contributed by atoms with Gasteiger partial charge >= 0.3 is 5.97 Å². The van der Waals surface area contributed by atoms with E-state index in [0.717, 1.165) is 0 Å². The quantitative estimate of drug-likeness (QED) is 0.168. The molecule has 190 valence electrons. The van der Waals surface area contributed by atoms with Gasteiger partial charge in [0.25, 0.3) is 0 Å². The molecular weight excluding hydrogens is 450 g/mol. The molecule has 5 unspecified atom stereocenters. The van der Waals surface area contributed by atoms with Crippen LogP contribution in [0, 0.1) is 11.8 Å². The summed E-state index contributed by atoms with van der Waals surface area (Å²) in [6.07, 6.45) is 2.55. The lowest BCUT2D eigenvalue weighted by atomic mass is 9.98. The molecule has 33 heavy (non-hydrogen) atoms. The molecule has 0 fully saturated rings. The minimum Gasteiger partial charge on any atom is -0.480 e. The highest BCUT2D eigenvalue weighted by Crippen LogP contribution is 2.10. The van der Waals surface area contributed by atoms with Gasteiger partial charge in [0.2, 0.25) is 23.6 Å². The second-order valence-electron chi connectivity index (χ2n) is 8.52. The van der Waals surface area contributed by atoms with Crippen LogP contribution in [-0.2, 0) is 24.0 Å². The molecule has 0 aromatic heterocycles. The van der Waals surface area contributed by atoms with Crippen molar-refractivity contribution in [1.29, 1.82) is 0 Å². The summed E-state index contributed by atoms with van der Waals surface area (Å²) >= 11 is 1.54. The van der Waals surface area contributed by atoms with Gasteiger partial charge in [0.15, 0.2) is 0 Å². The van der Waals surface area contributed by atoms with Gasteiger partial charge in [-0.3, -0.25) is 19.2 Å². The first-order valence-corrected chi connectivity index (χ1v) is 12.4. The normalized spacial score (nSPS) is 15.6. The van der Waals surface area contributed by atoms with Crippen molar-refractivity contribution in [3.63, 3.8) is 0 Å². The summed E-state index contributed by atoms with van der Waals surface area (Å²) in [7, 11) is 0. The van der Waals surface area contributed by atoms with Gasteiger partial charge in [-0.15, -0.1) is 0 Å². The first kappa shape index (κ1) is 30.7. The minimum atomic E-state index is -1.39. The second-order valence-corrected chi connectivity index (χ2v) is 9.51. The van der Waals surface area contributed by atoms with Crippen LogP contribution in [0.5, 0.6) is 0 Å². The van der Waals surface area contributed by atoms with E-state index in [0.29, 0.717) is 18.6 Å². The molecule has 0 spiro atoms. The molecule has 0 bridgehead atoms. The molecule has 0 rings (SSSR count). The zero-order valence-corrected chi connectivity index (χ0v) is 20.9. The van der Waals surface area contributed by atoms with Gasteiger partial charge < -0.3 is 32.5 Å². The Morgan fingerprint density at radius 1 is 0.939 bits per heavy atom. The fourth-order valence-corrected chi connectivity index (χ4v) is 3.47. The van der Waals surface area contributed by atoms with E-state index in [4.69, 9.17) is 11.5 Å². The monoisotopic (exact) mass is 489 g/mol. The Morgan fingerprint density at radius 2 is 1.48 bits per heavy atom. The van der Waals surface area contributed by atoms with E-state index in [1.54, 1.807) is 25.6 Å². The van der Waals surface area contributed by atoms with Gasteiger partial charge in [-0.2, -0.15) is 11.8 Å². The van der Waals surface area contributed by atoms with Crippen LogP contribution in [0.1, 0.15) is 53.4 Å². The number of nitrogens with one attached hydrogen (secondary N) is 3. The lowest BCUT2D eigenvalue weighted by Gasteiger charge is -2.26. The predicted octanol–water partition coefficient (Wildman–Crippen LogP) is -0.427. The molecule has 0 heterocycles. The largest absolute Gasteiger partial charge is 0.480 e. The predicted molar refractivity (Wildman–Crippen MR) is 127 cm³/mol. The Hall–Kier alpha value is -2.34. The molecule has 12 heteroatoms.